The first kappa shape index (κ1) is 10.7. The van der Waals surface area contributed by atoms with Crippen molar-refractivity contribution in [3.63, 3.8) is 0 Å². The van der Waals surface area contributed by atoms with Crippen LogP contribution in [0.15, 0.2) is 24.3 Å². The first-order valence-corrected chi connectivity index (χ1v) is 6.49. The van der Waals surface area contributed by atoms with Crippen LogP contribution >= 0.6 is 12.2 Å². The van der Waals surface area contributed by atoms with Gasteiger partial charge in [-0.2, -0.15) is 0 Å². The Bertz CT molecular complexity index is 584. The molecule has 2 aromatic rings. The summed E-state index contributed by atoms with van der Waals surface area (Å²) in [6.45, 7) is 2.16. The summed E-state index contributed by atoms with van der Waals surface area (Å²) in [6, 6.07) is 8.09. The Hall–Kier alpha value is -1.42. The minimum atomic E-state index is 0.694. The molecule has 1 N–H and O–H groups in total. The monoisotopic (exact) mass is 245 g/mol. The molecule has 4 heteroatoms. The lowest BCUT2D eigenvalue weighted by molar-refractivity contribution is 0.569. The number of aromatic nitrogens is 2. The minimum Gasteiger partial charge on any atom is -0.342 e. The zero-order chi connectivity index (χ0) is 11.7. The molecule has 3 rings (SSSR count). The zero-order valence-corrected chi connectivity index (χ0v) is 10.5. The summed E-state index contributed by atoms with van der Waals surface area (Å²) in [4.78, 5) is 10.2. The van der Waals surface area contributed by atoms with E-state index in [4.69, 9.17) is 12.2 Å². The number of aromatic amines is 1. The van der Waals surface area contributed by atoms with Gasteiger partial charge in [0.2, 0.25) is 5.95 Å². The van der Waals surface area contributed by atoms with E-state index >= 15 is 0 Å². The van der Waals surface area contributed by atoms with Crippen molar-refractivity contribution in [2.24, 2.45) is 0 Å². The number of fused-ring (bicyclic) bond motifs is 1. The van der Waals surface area contributed by atoms with E-state index in [0.717, 1.165) is 29.9 Å². The number of benzene rings is 1. The summed E-state index contributed by atoms with van der Waals surface area (Å²) in [5.74, 6) is 0.924. The third kappa shape index (κ3) is 2.05. The van der Waals surface area contributed by atoms with Crippen molar-refractivity contribution in [2.75, 3.05) is 18.0 Å². The van der Waals surface area contributed by atoms with E-state index in [-0.39, 0.29) is 0 Å². The fraction of sp³-hybridized carbons (Fsp3) is 0.385. The molecule has 1 aliphatic rings. The first-order valence-electron chi connectivity index (χ1n) is 6.08. The van der Waals surface area contributed by atoms with Crippen LogP contribution in [0, 0.1) is 4.64 Å². The standard InChI is InChI=1S/C13H15N3S/c17-12-10-6-2-3-7-11(10)14-13(15-12)16-8-4-1-5-9-16/h2-3,6-7H,1,4-5,8-9H2,(H,14,15,17). The lowest BCUT2D eigenvalue weighted by Gasteiger charge is -2.27. The topological polar surface area (TPSA) is 31.9 Å². The number of hydrogen-bond acceptors (Lipinski definition) is 3. The van der Waals surface area contributed by atoms with Crippen LogP contribution in [-0.2, 0) is 0 Å². The van der Waals surface area contributed by atoms with Crippen molar-refractivity contribution in [1.82, 2.24) is 9.97 Å². The molecule has 2 heterocycles. The van der Waals surface area contributed by atoms with Gasteiger partial charge in [-0.25, -0.2) is 4.98 Å². The Morgan fingerprint density at radius 3 is 2.71 bits per heavy atom. The fourth-order valence-electron chi connectivity index (χ4n) is 2.34. The highest BCUT2D eigenvalue weighted by atomic mass is 32.1. The highest BCUT2D eigenvalue weighted by Gasteiger charge is 2.13. The van der Waals surface area contributed by atoms with Gasteiger partial charge in [0, 0.05) is 18.5 Å². The molecule has 88 valence electrons. The second-order valence-corrected chi connectivity index (χ2v) is 4.85. The van der Waals surface area contributed by atoms with Gasteiger partial charge in [-0.15, -0.1) is 0 Å². The van der Waals surface area contributed by atoms with Crippen LogP contribution in [0.5, 0.6) is 0 Å². The molecule has 0 spiro atoms. The predicted molar refractivity (Wildman–Crippen MR) is 73.0 cm³/mol. The van der Waals surface area contributed by atoms with Crippen molar-refractivity contribution in [1.29, 1.82) is 0 Å². The average molecular weight is 245 g/mol. The fourth-order valence-corrected chi connectivity index (χ4v) is 2.60. The summed E-state index contributed by atoms with van der Waals surface area (Å²) in [6.07, 6.45) is 3.81. The van der Waals surface area contributed by atoms with Gasteiger partial charge in [0.25, 0.3) is 0 Å². The van der Waals surface area contributed by atoms with Crippen LogP contribution < -0.4 is 4.90 Å². The third-order valence-electron chi connectivity index (χ3n) is 3.27. The van der Waals surface area contributed by atoms with Crippen LogP contribution in [0.25, 0.3) is 10.9 Å². The first-order chi connectivity index (χ1) is 8.34. The van der Waals surface area contributed by atoms with Gasteiger partial charge in [-0.1, -0.05) is 24.4 Å². The lowest BCUT2D eigenvalue weighted by Crippen LogP contribution is -2.31. The van der Waals surface area contributed by atoms with E-state index in [1.54, 1.807) is 0 Å². The van der Waals surface area contributed by atoms with Crippen LogP contribution in [0.1, 0.15) is 19.3 Å². The highest BCUT2D eigenvalue weighted by molar-refractivity contribution is 7.71. The van der Waals surface area contributed by atoms with Crippen molar-refractivity contribution < 1.29 is 0 Å². The van der Waals surface area contributed by atoms with Crippen molar-refractivity contribution in [3.05, 3.63) is 28.9 Å². The molecule has 0 saturated carbocycles. The molecule has 0 bridgehead atoms. The number of nitrogens with zero attached hydrogens (tertiary/aromatic N) is 2. The van der Waals surface area contributed by atoms with Gasteiger partial charge >= 0.3 is 0 Å². The highest BCUT2D eigenvalue weighted by Crippen LogP contribution is 2.19. The van der Waals surface area contributed by atoms with Gasteiger partial charge < -0.3 is 9.88 Å². The van der Waals surface area contributed by atoms with E-state index in [1.807, 2.05) is 18.2 Å². The number of hydrogen-bond donors (Lipinski definition) is 1. The maximum atomic E-state index is 5.35. The molecular formula is C13H15N3S. The zero-order valence-electron chi connectivity index (χ0n) is 9.65. The maximum absolute atomic E-state index is 5.35. The number of para-hydroxylation sites is 1. The molecule has 1 aliphatic heterocycles. The molecule has 0 unspecified atom stereocenters. The lowest BCUT2D eigenvalue weighted by atomic mass is 10.1. The van der Waals surface area contributed by atoms with E-state index < -0.39 is 0 Å². The summed E-state index contributed by atoms with van der Waals surface area (Å²) >= 11 is 5.35. The molecule has 1 saturated heterocycles. The van der Waals surface area contributed by atoms with Crippen LogP contribution in [0.2, 0.25) is 0 Å². The van der Waals surface area contributed by atoms with Gasteiger partial charge in [0.15, 0.2) is 0 Å². The summed E-state index contributed by atoms with van der Waals surface area (Å²) < 4.78 is 0.694. The number of piperidine rings is 1. The number of rotatable bonds is 1. The number of H-pyrrole nitrogens is 1. The average Bonchev–Trinajstić information content (AvgIpc) is 2.40. The van der Waals surface area contributed by atoms with Crippen LogP contribution in [0.3, 0.4) is 0 Å². The van der Waals surface area contributed by atoms with E-state index in [0.29, 0.717) is 4.64 Å². The van der Waals surface area contributed by atoms with Crippen molar-refractivity contribution in [3.8, 4) is 0 Å². The third-order valence-corrected chi connectivity index (χ3v) is 3.58. The molecule has 0 aliphatic carbocycles. The SMILES string of the molecule is S=c1nc(N2CCCCC2)[nH]c2ccccc12. The van der Waals surface area contributed by atoms with E-state index in [2.05, 4.69) is 20.9 Å². The molecular weight excluding hydrogens is 230 g/mol. The predicted octanol–water partition coefficient (Wildman–Crippen LogP) is 3.28. The second kappa shape index (κ2) is 4.45. The molecule has 0 atom stereocenters. The maximum Gasteiger partial charge on any atom is 0.204 e. The summed E-state index contributed by atoms with van der Waals surface area (Å²) in [5.41, 5.74) is 1.08. The molecule has 17 heavy (non-hydrogen) atoms. The Labute approximate surface area is 105 Å². The molecule has 1 fully saturated rings. The number of anilines is 1. The summed E-state index contributed by atoms with van der Waals surface area (Å²) in [5, 5.41) is 1.03. The Kier molecular flexibility index (Phi) is 2.81. The van der Waals surface area contributed by atoms with E-state index in [1.165, 1.54) is 19.3 Å². The molecule has 3 nitrogen and oxygen atoms in total. The molecule has 0 radical (unpaired) electrons. The van der Waals surface area contributed by atoms with Crippen molar-refractivity contribution in [2.45, 2.75) is 19.3 Å². The Balaban J connectivity index is 2.08. The molecule has 1 aromatic carbocycles. The molecule has 1 aromatic heterocycles. The van der Waals surface area contributed by atoms with Crippen LogP contribution in [-0.4, -0.2) is 23.1 Å². The van der Waals surface area contributed by atoms with E-state index in [9.17, 15) is 0 Å². The molecule has 0 amide bonds. The number of nitrogens with one attached hydrogen (secondary N) is 1. The quantitative estimate of drug-likeness (QED) is 0.782. The van der Waals surface area contributed by atoms with Gasteiger partial charge in [-0.3, -0.25) is 0 Å². The van der Waals surface area contributed by atoms with Gasteiger partial charge in [-0.05, 0) is 31.4 Å². The van der Waals surface area contributed by atoms with Gasteiger partial charge in [0.05, 0.1) is 5.52 Å². The Morgan fingerprint density at radius 1 is 1.12 bits per heavy atom. The van der Waals surface area contributed by atoms with Crippen LogP contribution in [0.4, 0.5) is 5.95 Å². The van der Waals surface area contributed by atoms with Gasteiger partial charge in [0.1, 0.15) is 4.64 Å². The Morgan fingerprint density at radius 2 is 1.88 bits per heavy atom. The second-order valence-electron chi connectivity index (χ2n) is 4.46. The normalized spacial score (nSPS) is 16.4. The van der Waals surface area contributed by atoms with Crippen molar-refractivity contribution >= 4 is 29.1 Å². The summed E-state index contributed by atoms with van der Waals surface area (Å²) in [7, 11) is 0. The smallest absolute Gasteiger partial charge is 0.204 e. The minimum absolute atomic E-state index is 0.694. The largest absolute Gasteiger partial charge is 0.342 e.